The van der Waals surface area contributed by atoms with Gasteiger partial charge in [-0.3, -0.25) is 0 Å². The molecule has 0 aliphatic heterocycles. The predicted molar refractivity (Wildman–Crippen MR) is 468 cm³/mol. The molecule has 0 amide bonds. The lowest BCUT2D eigenvalue weighted by Crippen LogP contribution is -2.00. The average molecular weight is 1560 g/mol. The zero-order chi connectivity index (χ0) is 82.5. The molecule has 0 saturated carbocycles. The van der Waals surface area contributed by atoms with Crippen molar-refractivity contribution < 1.29 is 55.4 Å². The van der Waals surface area contributed by atoms with Gasteiger partial charge < -0.3 is 95.6 Å². The first kappa shape index (κ1) is 81.2. The molecule has 0 unspecified atom stereocenters. The highest BCUT2D eigenvalue weighted by Crippen LogP contribution is 2.36. The molecular weight excluding hydrogens is 1460 g/mol. The summed E-state index contributed by atoms with van der Waals surface area (Å²) in [5, 5.41) is 85.9. The van der Waals surface area contributed by atoms with Crippen molar-refractivity contribution in [2.45, 2.75) is 57.8 Å². The lowest BCUT2D eigenvalue weighted by Gasteiger charge is -2.13. The number of hydrogen-bond acceptors (Lipinski definition) is 18. The standard InChI is InChI=1S/C27H26N2O2.2C26H24N2O3.C20H19NO3/c28-26-11-5-20(16-22(26)14-18-1-7-24(30)8-2-18)13-21-6-12-27(29)23(17-21)15-19-3-9-25(31)10-4-19;27-25-12-11-23(15-20(25)14-18-3-8-22(30)9-4-18)31-24-10-5-19(26(28)16-24)13-17-1-6-21(29)7-2-17;27-25-11-9-23(15-19(25)13-17-1-5-21(29)6-2-17)31-24-10-12-26(28)20(16-24)14-18-3-7-22(30)8-4-18;21-19-15(11-13-1-7-17(22)8-2-13)5-6-16(20(19)24)12-14-3-9-18(23)10-4-14/h1-12,16-17,30-31H,13-15,28-29H2;2*1-12,15-16,29-30H,13-14,27-28H2;1-10,22-24H,11-12,21H2. The quantitative estimate of drug-likeness (QED) is 0.0221. The van der Waals surface area contributed by atoms with Crippen molar-refractivity contribution in [1.29, 1.82) is 0 Å². The molecule has 0 radical (unpaired) electrons. The van der Waals surface area contributed by atoms with E-state index in [1.807, 2.05) is 194 Å². The van der Waals surface area contributed by atoms with Crippen LogP contribution in [0.5, 0.6) is 74.7 Å². The molecule has 590 valence electrons. The van der Waals surface area contributed by atoms with Crippen LogP contribution in [0, 0.1) is 0 Å². The van der Waals surface area contributed by atoms with E-state index in [4.69, 9.17) is 49.6 Å². The Hall–Kier alpha value is -15.3. The third-order valence-corrected chi connectivity index (χ3v) is 19.8. The molecule has 0 aliphatic rings. The van der Waals surface area contributed by atoms with Gasteiger partial charge in [-0.25, -0.2) is 0 Å². The molecule has 18 nitrogen and oxygen atoms in total. The van der Waals surface area contributed by atoms with Gasteiger partial charge in [0, 0.05) is 52.2 Å². The number of aromatic hydroxyl groups is 9. The number of nitrogens with two attached hydrogens (primary N) is 7. The van der Waals surface area contributed by atoms with E-state index in [0.29, 0.717) is 103 Å². The zero-order valence-corrected chi connectivity index (χ0v) is 64.3. The maximum atomic E-state index is 10.4. The Morgan fingerprint density at radius 1 is 0.162 bits per heavy atom. The predicted octanol–water partition coefficient (Wildman–Crippen LogP) is 19.1. The van der Waals surface area contributed by atoms with Gasteiger partial charge in [-0.05, 0) is 316 Å². The molecule has 0 aromatic heterocycles. The number of hydrogen-bond donors (Lipinski definition) is 16. The first-order chi connectivity index (χ1) is 56.4. The molecule has 15 aromatic carbocycles. The molecule has 0 saturated heterocycles. The van der Waals surface area contributed by atoms with Gasteiger partial charge in [-0.1, -0.05) is 140 Å². The summed E-state index contributed by atoms with van der Waals surface area (Å²) in [7, 11) is 0. The summed E-state index contributed by atoms with van der Waals surface area (Å²) in [5.41, 5.74) is 66.2. The summed E-state index contributed by atoms with van der Waals surface area (Å²) < 4.78 is 12.1. The molecule has 117 heavy (non-hydrogen) atoms. The van der Waals surface area contributed by atoms with Crippen molar-refractivity contribution in [3.8, 4) is 74.7 Å². The normalized spacial score (nSPS) is 10.7. The number of phenols is 9. The number of rotatable bonds is 22. The lowest BCUT2D eigenvalue weighted by molar-refractivity contribution is 0.471. The Morgan fingerprint density at radius 2 is 0.359 bits per heavy atom. The monoisotopic (exact) mass is 1560 g/mol. The van der Waals surface area contributed by atoms with Gasteiger partial charge in [0.25, 0.3) is 0 Å². The van der Waals surface area contributed by atoms with Crippen molar-refractivity contribution in [2.75, 3.05) is 40.1 Å². The van der Waals surface area contributed by atoms with Crippen LogP contribution in [0.2, 0.25) is 0 Å². The zero-order valence-electron chi connectivity index (χ0n) is 64.3. The molecule has 0 atom stereocenters. The highest BCUT2D eigenvalue weighted by Gasteiger charge is 2.16. The molecule has 0 bridgehead atoms. The molecule has 0 aliphatic carbocycles. The minimum absolute atomic E-state index is 0.0966. The summed E-state index contributed by atoms with van der Waals surface area (Å²) in [6.07, 6.45) is 5.92. The van der Waals surface area contributed by atoms with Crippen molar-refractivity contribution >= 4 is 39.8 Å². The minimum Gasteiger partial charge on any atom is -0.508 e. The van der Waals surface area contributed by atoms with Crippen LogP contribution in [0.15, 0.2) is 315 Å². The molecule has 18 heteroatoms. The summed E-state index contributed by atoms with van der Waals surface area (Å²) in [6.45, 7) is 0. The van der Waals surface area contributed by atoms with Gasteiger partial charge in [0.1, 0.15) is 74.7 Å². The maximum absolute atomic E-state index is 10.4. The van der Waals surface area contributed by atoms with E-state index < -0.39 is 0 Å². The molecule has 0 heterocycles. The van der Waals surface area contributed by atoms with Crippen LogP contribution >= 0.6 is 0 Å². The fourth-order valence-corrected chi connectivity index (χ4v) is 13.2. The Labute approximate surface area is 679 Å². The fraction of sp³-hybridized carbons (Fsp3) is 0.0909. The molecule has 0 spiro atoms. The number of nitrogen functional groups attached to an aromatic ring is 7. The third-order valence-electron chi connectivity index (χ3n) is 19.8. The van der Waals surface area contributed by atoms with E-state index in [2.05, 4.69) is 24.3 Å². The molecule has 15 rings (SSSR count). The first-order valence-electron chi connectivity index (χ1n) is 37.9. The Balaban J connectivity index is 0.000000144. The second-order valence-electron chi connectivity index (χ2n) is 28.8. The number of anilines is 7. The van der Waals surface area contributed by atoms with Gasteiger partial charge in [-0.15, -0.1) is 0 Å². The molecule has 0 fully saturated rings. The molecule has 23 N–H and O–H groups in total. The van der Waals surface area contributed by atoms with Gasteiger partial charge in [-0.2, -0.15) is 0 Å². The largest absolute Gasteiger partial charge is 0.508 e. The lowest BCUT2D eigenvalue weighted by atomic mass is 9.95. The summed E-state index contributed by atoms with van der Waals surface area (Å²) in [4.78, 5) is 0. The van der Waals surface area contributed by atoms with Crippen LogP contribution in [0.1, 0.15) is 100 Å². The second kappa shape index (κ2) is 38.3. The summed E-state index contributed by atoms with van der Waals surface area (Å²) in [6, 6.07) is 95.1. The highest BCUT2D eigenvalue weighted by molar-refractivity contribution is 5.64. The molecule has 15 aromatic rings. The highest BCUT2D eigenvalue weighted by atomic mass is 16.5. The van der Waals surface area contributed by atoms with Crippen molar-refractivity contribution in [3.63, 3.8) is 0 Å². The Kier molecular flexibility index (Phi) is 26.6. The Morgan fingerprint density at radius 3 is 0.632 bits per heavy atom. The SMILES string of the molecule is Nc1c(Cc2ccc(O)cc2)ccc(Cc2ccc(O)cc2)c1O.Nc1cc(Oc2ccc(N)c(Cc3ccc(O)cc3)c2)ccc1Cc1ccc(O)cc1.Nc1ccc(Cc2ccc(N)c(Cc3ccc(O)cc3)c2)cc1Cc1ccc(O)cc1.Nc1ccc(Oc2ccc(N)c(Cc3ccc(O)cc3)c2)cc1Cc1ccc(O)cc1. The Bertz CT molecular complexity index is 5380. The summed E-state index contributed by atoms with van der Waals surface area (Å²) in [5.74, 6) is 4.70. The van der Waals surface area contributed by atoms with Gasteiger partial charge in [0.05, 0.1) is 5.69 Å². The molecular formula is C99H93N7O11. The van der Waals surface area contributed by atoms with Crippen LogP contribution < -0.4 is 49.6 Å². The average Bonchev–Trinajstić information content (AvgIpc) is 0.838. The van der Waals surface area contributed by atoms with Gasteiger partial charge in [0.15, 0.2) is 0 Å². The van der Waals surface area contributed by atoms with Crippen LogP contribution in [0.25, 0.3) is 0 Å². The first-order valence-corrected chi connectivity index (χ1v) is 37.9. The van der Waals surface area contributed by atoms with E-state index in [1.54, 1.807) is 97.1 Å². The van der Waals surface area contributed by atoms with E-state index in [9.17, 15) is 46.0 Å². The van der Waals surface area contributed by atoms with E-state index in [0.717, 1.165) is 107 Å². The van der Waals surface area contributed by atoms with Crippen LogP contribution in [0.4, 0.5) is 39.8 Å². The minimum atomic E-state index is 0.0966. The van der Waals surface area contributed by atoms with E-state index in [-0.39, 0.29) is 51.7 Å². The third kappa shape index (κ3) is 23.6. The van der Waals surface area contributed by atoms with Gasteiger partial charge >= 0.3 is 0 Å². The topological polar surface area (TPSA) is 383 Å². The summed E-state index contributed by atoms with van der Waals surface area (Å²) >= 11 is 0. The van der Waals surface area contributed by atoms with Crippen molar-refractivity contribution in [1.82, 2.24) is 0 Å². The van der Waals surface area contributed by atoms with E-state index >= 15 is 0 Å². The second-order valence-corrected chi connectivity index (χ2v) is 28.8. The number of benzene rings is 15. The van der Waals surface area contributed by atoms with Crippen LogP contribution in [0.3, 0.4) is 0 Å². The number of phenolic OH excluding ortho intramolecular Hbond substituents is 9. The number of ether oxygens (including phenoxy) is 2. The maximum Gasteiger partial charge on any atom is 0.142 e. The van der Waals surface area contributed by atoms with E-state index in [1.165, 1.54) is 11.1 Å². The fourth-order valence-electron chi connectivity index (χ4n) is 13.2. The van der Waals surface area contributed by atoms with Gasteiger partial charge in [0.2, 0.25) is 0 Å². The van der Waals surface area contributed by atoms with Crippen LogP contribution in [-0.4, -0.2) is 46.0 Å². The van der Waals surface area contributed by atoms with Crippen molar-refractivity contribution in [3.05, 3.63) is 416 Å². The smallest absolute Gasteiger partial charge is 0.142 e. The van der Waals surface area contributed by atoms with Crippen molar-refractivity contribution in [2.24, 2.45) is 0 Å². The van der Waals surface area contributed by atoms with Crippen LogP contribution in [-0.2, 0) is 57.8 Å².